The summed E-state index contributed by atoms with van der Waals surface area (Å²) in [5, 5.41) is 0.904. The number of aryl methyl sites for hydroxylation is 2. The molecule has 0 saturated heterocycles. The van der Waals surface area contributed by atoms with E-state index in [0.717, 1.165) is 16.1 Å². The van der Waals surface area contributed by atoms with Gasteiger partial charge in [-0.2, -0.15) is 0 Å². The van der Waals surface area contributed by atoms with E-state index in [1.54, 1.807) is 36.4 Å². The smallest absolute Gasteiger partial charge is 0.265 e. The number of rotatable bonds is 5. The van der Waals surface area contributed by atoms with Crippen LogP contribution in [0.3, 0.4) is 0 Å². The summed E-state index contributed by atoms with van der Waals surface area (Å²) in [6, 6.07) is 9.91. The summed E-state index contributed by atoms with van der Waals surface area (Å²) in [5.41, 5.74) is 8.43. The monoisotopic (exact) mass is 423 g/mol. The lowest BCUT2D eigenvalue weighted by molar-refractivity contribution is 0.403. The minimum absolute atomic E-state index is 0.0190. The molecule has 2 aromatic carbocycles. The van der Waals surface area contributed by atoms with E-state index in [-0.39, 0.29) is 10.6 Å². The first-order valence-corrected chi connectivity index (χ1v) is 10.6. The van der Waals surface area contributed by atoms with Crippen LogP contribution >= 0.6 is 22.9 Å². The number of hydrogen-bond acceptors (Lipinski definition) is 6. The van der Waals surface area contributed by atoms with Gasteiger partial charge in [-0.05, 0) is 55.3 Å². The van der Waals surface area contributed by atoms with Gasteiger partial charge in [0.2, 0.25) is 0 Å². The van der Waals surface area contributed by atoms with Gasteiger partial charge in [0.25, 0.3) is 10.0 Å². The zero-order valence-corrected chi connectivity index (χ0v) is 17.3. The first kappa shape index (κ1) is 19.5. The minimum atomic E-state index is -3.90. The lowest BCUT2D eigenvalue weighted by atomic mass is 10.1. The summed E-state index contributed by atoms with van der Waals surface area (Å²) in [4.78, 5) is 5.02. The van der Waals surface area contributed by atoms with E-state index in [1.165, 1.54) is 18.4 Å². The summed E-state index contributed by atoms with van der Waals surface area (Å²) in [5.74, 6) is 0.236. The molecular formula is C18H18ClN3O3S2. The molecule has 1 aromatic heterocycles. The molecule has 0 aliphatic rings. The maximum Gasteiger partial charge on any atom is 0.265 e. The second kappa shape index (κ2) is 7.38. The molecule has 0 saturated carbocycles. The fraction of sp³-hybridized carbons (Fsp3) is 0.167. The number of ether oxygens (including phenoxy) is 1. The predicted octanol–water partition coefficient (Wildman–Crippen LogP) is 4.47. The number of sulfonamides is 1. The number of methoxy groups -OCH3 is 1. The number of anilines is 2. The van der Waals surface area contributed by atoms with Crippen molar-refractivity contribution in [1.29, 1.82) is 0 Å². The van der Waals surface area contributed by atoms with Gasteiger partial charge >= 0.3 is 0 Å². The van der Waals surface area contributed by atoms with Gasteiger partial charge in [-0.3, -0.25) is 4.72 Å². The molecule has 0 spiro atoms. The van der Waals surface area contributed by atoms with Crippen molar-refractivity contribution in [1.82, 2.24) is 4.98 Å². The van der Waals surface area contributed by atoms with Crippen molar-refractivity contribution < 1.29 is 13.2 Å². The third kappa shape index (κ3) is 4.02. The number of nitrogens with zero attached hydrogens (tertiary/aromatic N) is 1. The molecule has 0 amide bonds. The Morgan fingerprint density at radius 2 is 1.93 bits per heavy atom. The molecule has 0 aliphatic carbocycles. The van der Waals surface area contributed by atoms with Crippen LogP contribution in [0.2, 0.25) is 5.02 Å². The number of nitrogens with one attached hydrogen (secondary N) is 1. The Hall–Kier alpha value is -2.29. The topological polar surface area (TPSA) is 94.3 Å². The van der Waals surface area contributed by atoms with E-state index in [9.17, 15) is 8.42 Å². The fourth-order valence-corrected chi connectivity index (χ4v) is 4.84. The Kier molecular flexibility index (Phi) is 5.32. The highest BCUT2D eigenvalue weighted by molar-refractivity contribution is 7.92. The number of nitrogen functional groups attached to an aromatic ring is 1. The van der Waals surface area contributed by atoms with E-state index < -0.39 is 10.0 Å². The second-order valence-electron chi connectivity index (χ2n) is 5.90. The molecule has 0 bridgehead atoms. The molecule has 3 N–H and O–H groups in total. The summed E-state index contributed by atoms with van der Waals surface area (Å²) in [6.45, 7) is 3.67. The Morgan fingerprint density at radius 3 is 2.52 bits per heavy atom. The molecule has 1 heterocycles. The molecule has 6 nitrogen and oxygen atoms in total. The van der Waals surface area contributed by atoms with E-state index in [0.29, 0.717) is 21.4 Å². The molecule has 0 aliphatic heterocycles. The van der Waals surface area contributed by atoms with Crippen LogP contribution in [0.4, 0.5) is 10.8 Å². The molecule has 9 heteroatoms. The maximum absolute atomic E-state index is 13.0. The molecule has 0 unspecified atom stereocenters. The number of thiazole rings is 1. The molecule has 0 atom stereocenters. The van der Waals surface area contributed by atoms with Crippen molar-refractivity contribution >= 4 is 43.8 Å². The van der Waals surface area contributed by atoms with Crippen LogP contribution in [0.1, 0.15) is 11.3 Å². The van der Waals surface area contributed by atoms with Gasteiger partial charge < -0.3 is 10.5 Å². The van der Waals surface area contributed by atoms with Gasteiger partial charge in [-0.1, -0.05) is 29.0 Å². The van der Waals surface area contributed by atoms with Crippen molar-refractivity contribution in [2.24, 2.45) is 0 Å². The number of hydrogen-bond donors (Lipinski definition) is 2. The van der Waals surface area contributed by atoms with Gasteiger partial charge in [0.15, 0.2) is 5.13 Å². The number of halogens is 1. The summed E-state index contributed by atoms with van der Waals surface area (Å²) >= 11 is 7.40. The average Bonchev–Trinajstić information content (AvgIpc) is 2.95. The lowest BCUT2D eigenvalue weighted by Crippen LogP contribution is -2.14. The van der Waals surface area contributed by atoms with E-state index >= 15 is 0 Å². The second-order valence-corrected chi connectivity index (χ2v) is 8.99. The van der Waals surface area contributed by atoms with Crippen molar-refractivity contribution in [3.63, 3.8) is 0 Å². The first-order chi connectivity index (χ1) is 12.7. The Morgan fingerprint density at radius 1 is 1.19 bits per heavy atom. The zero-order valence-electron chi connectivity index (χ0n) is 14.9. The zero-order chi connectivity index (χ0) is 19.8. The standard InChI is InChI=1S/C18H18ClN3O3S2/c1-10-4-6-13(9-14(10)19)22-27(23,24)16-8-12(5-7-15(16)25-3)17-11(2)21-18(20)26-17/h4-9,22H,1-3H3,(H2,20,21). The normalized spacial score (nSPS) is 11.4. The van der Waals surface area contributed by atoms with E-state index in [1.807, 2.05) is 13.8 Å². The van der Waals surface area contributed by atoms with Crippen LogP contribution in [-0.2, 0) is 10.0 Å². The van der Waals surface area contributed by atoms with E-state index in [2.05, 4.69) is 9.71 Å². The van der Waals surface area contributed by atoms with Crippen molar-refractivity contribution in [3.05, 3.63) is 52.7 Å². The summed E-state index contributed by atoms with van der Waals surface area (Å²) in [7, 11) is -2.48. The number of aromatic nitrogens is 1. The largest absolute Gasteiger partial charge is 0.495 e. The summed E-state index contributed by atoms with van der Waals surface area (Å²) < 4.78 is 33.8. The molecular weight excluding hydrogens is 406 g/mol. The molecule has 27 heavy (non-hydrogen) atoms. The highest BCUT2D eigenvalue weighted by Crippen LogP contribution is 2.36. The molecule has 3 rings (SSSR count). The highest BCUT2D eigenvalue weighted by atomic mass is 35.5. The van der Waals surface area contributed by atoms with Crippen LogP contribution < -0.4 is 15.2 Å². The molecule has 0 fully saturated rings. The average molecular weight is 424 g/mol. The van der Waals surface area contributed by atoms with Gasteiger partial charge in [0, 0.05) is 5.02 Å². The predicted molar refractivity (Wildman–Crippen MR) is 110 cm³/mol. The molecule has 3 aromatic rings. The number of benzene rings is 2. The number of nitrogens with two attached hydrogens (primary N) is 1. The van der Waals surface area contributed by atoms with Crippen LogP contribution in [0.15, 0.2) is 41.3 Å². The van der Waals surface area contributed by atoms with Crippen molar-refractivity contribution in [2.75, 3.05) is 17.6 Å². The van der Waals surface area contributed by atoms with Crippen molar-refractivity contribution in [2.45, 2.75) is 18.7 Å². The lowest BCUT2D eigenvalue weighted by Gasteiger charge is -2.13. The third-order valence-corrected chi connectivity index (χ3v) is 6.80. The van der Waals surface area contributed by atoms with E-state index in [4.69, 9.17) is 22.1 Å². The third-order valence-electron chi connectivity index (χ3n) is 3.95. The van der Waals surface area contributed by atoms with Gasteiger partial charge in [-0.15, -0.1) is 0 Å². The Balaban J connectivity index is 2.06. The van der Waals surface area contributed by atoms with Gasteiger partial charge in [0.05, 0.1) is 23.4 Å². The fourth-order valence-electron chi connectivity index (χ4n) is 2.58. The first-order valence-electron chi connectivity index (χ1n) is 7.91. The van der Waals surface area contributed by atoms with Crippen LogP contribution in [-0.4, -0.2) is 20.5 Å². The quantitative estimate of drug-likeness (QED) is 0.631. The van der Waals surface area contributed by atoms with Crippen LogP contribution in [0.25, 0.3) is 10.4 Å². The van der Waals surface area contributed by atoms with Gasteiger partial charge in [-0.25, -0.2) is 13.4 Å². The van der Waals surface area contributed by atoms with Crippen LogP contribution in [0.5, 0.6) is 5.75 Å². The highest BCUT2D eigenvalue weighted by Gasteiger charge is 2.22. The molecule has 142 valence electrons. The summed E-state index contributed by atoms with van der Waals surface area (Å²) in [6.07, 6.45) is 0. The van der Waals surface area contributed by atoms with Crippen LogP contribution in [0, 0.1) is 13.8 Å². The Labute approximate surface area is 167 Å². The Bertz CT molecular complexity index is 1110. The SMILES string of the molecule is COc1ccc(-c2sc(N)nc2C)cc1S(=O)(=O)Nc1ccc(C)c(Cl)c1. The maximum atomic E-state index is 13.0. The molecule has 0 radical (unpaired) electrons. The van der Waals surface area contributed by atoms with Crippen molar-refractivity contribution in [3.8, 4) is 16.2 Å². The van der Waals surface area contributed by atoms with Gasteiger partial charge in [0.1, 0.15) is 10.6 Å². The minimum Gasteiger partial charge on any atom is -0.495 e.